The number of thiol groups is 1. The number of hydrogen-bond donors (Lipinski definition) is 8. The number of hydrogen-bond acceptors (Lipinski definition) is 6. The zero-order valence-corrected chi connectivity index (χ0v) is 22.7. The molecule has 0 aliphatic rings. The van der Waals surface area contributed by atoms with Gasteiger partial charge in [-0.15, -0.1) is 0 Å². The van der Waals surface area contributed by atoms with Gasteiger partial charge in [0.15, 0.2) is 0 Å². The van der Waals surface area contributed by atoms with Crippen molar-refractivity contribution in [1.29, 1.82) is 0 Å². The molecule has 0 fully saturated rings. The summed E-state index contributed by atoms with van der Waals surface area (Å²) in [7, 11) is 0. The summed E-state index contributed by atoms with van der Waals surface area (Å²) in [5, 5.41) is 18.7. The third-order valence-corrected chi connectivity index (χ3v) is 7.10. The summed E-state index contributed by atoms with van der Waals surface area (Å²) in [5.74, 6) is -3.18. The van der Waals surface area contributed by atoms with Crippen molar-refractivity contribution in [3.63, 3.8) is 0 Å². The number of rotatable bonds is 12. The number of carbonyl (C=O) groups excluding carboxylic acids is 3. The molecule has 4 unspecified atom stereocenters. The van der Waals surface area contributed by atoms with Crippen molar-refractivity contribution in [2.45, 2.75) is 43.9 Å². The normalized spacial score (nSPS) is 14.3. The fourth-order valence-corrected chi connectivity index (χ4v) is 4.75. The van der Waals surface area contributed by atoms with Gasteiger partial charge in [0.1, 0.15) is 18.1 Å². The van der Waals surface area contributed by atoms with E-state index in [0.29, 0.717) is 0 Å². The molecule has 0 saturated carbocycles. The van der Waals surface area contributed by atoms with Crippen molar-refractivity contribution < 1.29 is 24.3 Å². The Morgan fingerprint density at radius 3 is 1.88 bits per heavy atom. The summed E-state index contributed by atoms with van der Waals surface area (Å²) < 4.78 is 0. The van der Waals surface area contributed by atoms with E-state index >= 15 is 0 Å². The van der Waals surface area contributed by atoms with Crippen LogP contribution in [-0.2, 0) is 32.0 Å². The van der Waals surface area contributed by atoms with Gasteiger partial charge >= 0.3 is 5.97 Å². The monoisotopic (exact) mass is 564 g/mol. The number of benzene rings is 2. The highest BCUT2D eigenvalue weighted by Crippen LogP contribution is 2.20. The van der Waals surface area contributed by atoms with Crippen LogP contribution in [-0.4, -0.2) is 68.7 Å². The van der Waals surface area contributed by atoms with Crippen LogP contribution in [0.2, 0.25) is 0 Å². The molecular formula is C28H32N6O5S. The number of carboxylic acids is 1. The predicted octanol–water partition coefficient (Wildman–Crippen LogP) is 1.25. The lowest BCUT2D eigenvalue weighted by Gasteiger charge is -2.23. The third kappa shape index (κ3) is 6.64. The largest absolute Gasteiger partial charge is 0.480 e. The van der Waals surface area contributed by atoms with Crippen LogP contribution in [0.4, 0.5) is 0 Å². The second kappa shape index (κ2) is 12.7. The molecule has 0 aliphatic heterocycles. The van der Waals surface area contributed by atoms with Crippen LogP contribution >= 0.6 is 12.6 Å². The molecular weight excluding hydrogens is 532 g/mol. The summed E-state index contributed by atoms with van der Waals surface area (Å²) in [5.41, 5.74) is 9.73. The van der Waals surface area contributed by atoms with Crippen LogP contribution in [0.25, 0.3) is 21.8 Å². The lowest BCUT2D eigenvalue weighted by molar-refractivity contribution is -0.141. The highest BCUT2D eigenvalue weighted by Gasteiger charge is 2.29. The summed E-state index contributed by atoms with van der Waals surface area (Å²) in [6.07, 6.45) is 3.95. The SMILES string of the molecule is CC(NC(=O)C(Cc1c[nH]c2ccccc12)NC(=O)C(N)Cc1c[nH]c2ccccc12)C(=O)NC(CS)C(=O)O. The van der Waals surface area contributed by atoms with Crippen molar-refractivity contribution in [2.75, 3.05) is 5.75 Å². The zero-order valence-electron chi connectivity index (χ0n) is 21.8. The molecule has 12 heteroatoms. The molecule has 210 valence electrons. The Morgan fingerprint density at radius 1 is 0.800 bits per heavy atom. The van der Waals surface area contributed by atoms with Gasteiger partial charge < -0.3 is 36.8 Å². The fourth-order valence-electron chi connectivity index (χ4n) is 4.50. The van der Waals surface area contributed by atoms with Gasteiger partial charge in [-0.1, -0.05) is 36.4 Å². The number of carboxylic acid groups (broad SMARTS) is 1. The van der Waals surface area contributed by atoms with E-state index in [2.05, 4.69) is 38.5 Å². The number of aliphatic carboxylic acids is 1. The number of nitrogens with one attached hydrogen (secondary N) is 5. The van der Waals surface area contributed by atoms with E-state index in [0.717, 1.165) is 32.9 Å². The van der Waals surface area contributed by atoms with E-state index < -0.39 is 47.9 Å². The molecule has 0 radical (unpaired) electrons. The Hall–Kier alpha value is -4.29. The summed E-state index contributed by atoms with van der Waals surface area (Å²) >= 11 is 3.94. The van der Waals surface area contributed by atoms with Gasteiger partial charge in [0.25, 0.3) is 0 Å². The standard InChI is InChI=1S/C28H32N6O5S/c1-15(25(35)34-24(14-40)28(38)39)32-27(37)23(11-17-13-31-22-9-5-3-7-19(17)22)33-26(36)20(29)10-16-12-30-21-8-4-2-6-18(16)21/h2-9,12-13,15,20,23-24,30-31,40H,10-11,14,29H2,1H3,(H,32,37)(H,33,36)(H,34,35)(H,38,39). The van der Waals surface area contributed by atoms with Gasteiger partial charge in [0.2, 0.25) is 17.7 Å². The number of aromatic amines is 2. The fraction of sp³-hybridized carbons (Fsp3) is 0.286. The van der Waals surface area contributed by atoms with E-state index in [1.165, 1.54) is 6.92 Å². The van der Waals surface area contributed by atoms with Gasteiger partial charge in [-0.05, 0) is 36.6 Å². The van der Waals surface area contributed by atoms with Gasteiger partial charge in [0.05, 0.1) is 6.04 Å². The van der Waals surface area contributed by atoms with Crippen molar-refractivity contribution in [2.24, 2.45) is 5.73 Å². The molecule has 2 aromatic heterocycles. The molecule has 40 heavy (non-hydrogen) atoms. The van der Waals surface area contributed by atoms with E-state index in [1.807, 2.05) is 54.7 Å². The second-order valence-electron chi connectivity index (χ2n) is 9.61. The van der Waals surface area contributed by atoms with Crippen LogP contribution < -0.4 is 21.7 Å². The van der Waals surface area contributed by atoms with Crippen LogP contribution in [0.3, 0.4) is 0 Å². The number of carbonyl (C=O) groups is 4. The number of fused-ring (bicyclic) bond motifs is 2. The molecule has 11 nitrogen and oxygen atoms in total. The van der Waals surface area contributed by atoms with Gasteiger partial charge in [-0.2, -0.15) is 12.6 Å². The number of amides is 3. The Labute approximate surface area is 235 Å². The van der Waals surface area contributed by atoms with Crippen molar-refractivity contribution in [3.8, 4) is 0 Å². The number of H-pyrrole nitrogens is 2. The van der Waals surface area contributed by atoms with E-state index in [-0.39, 0.29) is 18.6 Å². The first kappa shape index (κ1) is 28.7. The maximum Gasteiger partial charge on any atom is 0.327 e. The Balaban J connectivity index is 1.50. The lowest BCUT2D eigenvalue weighted by atomic mass is 10.0. The molecule has 8 N–H and O–H groups in total. The van der Waals surface area contributed by atoms with Crippen LogP contribution in [0, 0.1) is 0 Å². The molecule has 3 amide bonds. The maximum absolute atomic E-state index is 13.4. The second-order valence-corrected chi connectivity index (χ2v) is 9.97. The number of nitrogens with two attached hydrogens (primary N) is 1. The highest BCUT2D eigenvalue weighted by molar-refractivity contribution is 7.80. The summed E-state index contributed by atoms with van der Waals surface area (Å²) in [6.45, 7) is 1.43. The molecule has 4 aromatic rings. The summed E-state index contributed by atoms with van der Waals surface area (Å²) in [4.78, 5) is 56.7. The molecule has 4 rings (SSSR count). The Bertz CT molecular complexity index is 1530. The molecule has 0 bridgehead atoms. The van der Waals surface area contributed by atoms with Crippen LogP contribution in [0.1, 0.15) is 18.1 Å². The van der Waals surface area contributed by atoms with Crippen LogP contribution in [0.5, 0.6) is 0 Å². The third-order valence-electron chi connectivity index (χ3n) is 6.73. The zero-order chi connectivity index (χ0) is 28.8. The number of para-hydroxylation sites is 2. The molecule has 0 spiro atoms. The van der Waals surface area contributed by atoms with Crippen molar-refractivity contribution >= 4 is 58.1 Å². The minimum atomic E-state index is -1.24. The van der Waals surface area contributed by atoms with Crippen molar-refractivity contribution in [3.05, 3.63) is 72.1 Å². The first-order chi connectivity index (χ1) is 19.2. The first-order valence-corrected chi connectivity index (χ1v) is 13.4. The van der Waals surface area contributed by atoms with Gasteiger partial charge in [-0.3, -0.25) is 14.4 Å². The maximum atomic E-state index is 13.4. The smallest absolute Gasteiger partial charge is 0.327 e. The summed E-state index contributed by atoms with van der Waals surface area (Å²) in [6, 6.07) is 11.0. The van der Waals surface area contributed by atoms with Crippen LogP contribution in [0.15, 0.2) is 60.9 Å². The molecule has 2 heterocycles. The topological polar surface area (TPSA) is 182 Å². The minimum absolute atomic E-state index is 0.116. The predicted molar refractivity (Wildman–Crippen MR) is 155 cm³/mol. The van der Waals surface area contributed by atoms with Gasteiger partial charge in [-0.25, -0.2) is 4.79 Å². The molecule has 2 aromatic carbocycles. The van der Waals surface area contributed by atoms with E-state index in [9.17, 15) is 24.3 Å². The Kier molecular flexibility index (Phi) is 9.12. The molecule has 0 saturated heterocycles. The van der Waals surface area contributed by atoms with Crippen molar-refractivity contribution in [1.82, 2.24) is 25.9 Å². The Morgan fingerprint density at radius 2 is 1.32 bits per heavy atom. The highest BCUT2D eigenvalue weighted by atomic mass is 32.1. The first-order valence-electron chi connectivity index (χ1n) is 12.8. The van der Waals surface area contributed by atoms with E-state index in [1.54, 1.807) is 6.20 Å². The minimum Gasteiger partial charge on any atom is -0.480 e. The van der Waals surface area contributed by atoms with Gasteiger partial charge in [0, 0.05) is 46.4 Å². The lowest BCUT2D eigenvalue weighted by Crippen LogP contribution is -2.57. The van der Waals surface area contributed by atoms with E-state index in [4.69, 9.17) is 5.73 Å². The molecule has 0 aliphatic carbocycles. The molecule has 4 atom stereocenters. The quantitative estimate of drug-likeness (QED) is 0.120. The average Bonchev–Trinajstić information content (AvgIpc) is 3.55. The number of aromatic nitrogens is 2. The average molecular weight is 565 g/mol.